The monoisotopic (exact) mass is 396 g/mol. The van der Waals surface area contributed by atoms with Crippen LogP contribution in [0, 0.1) is 0 Å². The Hall–Kier alpha value is -1.44. The van der Waals surface area contributed by atoms with Gasteiger partial charge in [0.25, 0.3) is 5.91 Å². The maximum absolute atomic E-state index is 12.9. The van der Waals surface area contributed by atoms with Crippen molar-refractivity contribution in [1.82, 2.24) is 9.62 Å². The van der Waals surface area contributed by atoms with Crippen molar-refractivity contribution in [2.45, 2.75) is 76.5 Å². The number of benzene rings is 1. The van der Waals surface area contributed by atoms with Crippen molar-refractivity contribution < 1.29 is 17.9 Å². The molecule has 1 aliphatic heterocycles. The summed E-state index contributed by atoms with van der Waals surface area (Å²) in [6, 6.07) is 6.28. The molecule has 1 heterocycles. The molecule has 3 atom stereocenters. The van der Waals surface area contributed by atoms with E-state index in [1.54, 1.807) is 12.1 Å². The van der Waals surface area contributed by atoms with Gasteiger partial charge < -0.3 is 10.1 Å². The van der Waals surface area contributed by atoms with Crippen LogP contribution in [0.5, 0.6) is 0 Å². The fraction of sp³-hybridized carbons (Fsp3) is 0.650. The molecule has 0 aliphatic carbocycles. The van der Waals surface area contributed by atoms with Crippen molar-refractivity contribution in [3.05, 3.63) is 29.8 Å². The number of amides is 1. The molecule has 1 aromatic carbocycles. The molecule has 152 valence electrons. The van der Waals surface area contributed by atoms with Gasteiger partial charge in [0.1, 0.15) is 0 Å². The molecule has 0 radical (unpaired) electrons. The first-order chi connectivity index (χ1) is 12.7. The number of morpholine rings is 1. The van der Waals surface area contributed by atoms with Crippen LogP contribution in [-0.4, -0.2) is 50.0 Å². The SMILES string of the molecule is CCCCC[C@@H](C)NC(=O)c1ccc(S(=O)(=O)N2C[C@@H](C)O[C@H](C)C2)cc1. The third-order valence-electron chi connectivity index (χ3n) is 4.76. The van der Waals surface area contributed by atoms with Crippen molar-refractivity contribution in [1.29, 1.82) is 0 Å². The molecule has 1 aliphatic rings. The number of carbonyl (C=O) groups excluding carboxylic acids is 1. The molecular weight excluding hydrogens is 364 g/mol. The van der Waals surface area contributed by atoms with E-state index in [0.717, 1.165) is 25.7 Å². The van der Waals surface area contributed by atoms with Gasteiger partial charge in [-0.3, -0.25) is 4.79 Å². The van der Waals surface area contributed by atoms with Crippen molar-refractivity contribution in [3.63, 3.8) is 0 Å². The van der Waals surface area contributed by atoms with E-state index in [1.165, 1.54) is 16.4 Å². The van der Waals surface area contributed by atoms with Crippen molar-refractivity contribution in [2.75, 3.05) is 13.1 Å². The van der Waals surface area contributed by atoms with Gasteiger partial charge in [0, 0.05) is 24.7 Å². The summed E-state index contributed by atoms with van der Waals surface area (Å²) in [5, 5.41) is 2.97. The van der Waals surface area contributed by atoms with E-state index in [4.69, 9.17) is 4.74 Å². The van der Waals surface area contributed by atoms with E-state index in [-0.39, 0.29) is 29.1 Å². The molecule has 6 nitrogen and oxygen atoms in total. The van der Waals surface area contributed by atoms with Crippen LogP contribution in [0.3, 0.4) is 0 Å². The number of carbonyl (C=O) groups is 1. The Balaban J connectivity index is 2.02. The standard InChI is InChI=1S/C20H32N2O4S/c1-5-6-7-8-15(2)21-20(23)18-9-11-19(12-10-18)27(24,25)22-13-16(3)26-17(4)14-22/h9-12,15-17H,5-8,13-14H2,1-4H3,(H,21,23)/t15-,16-,17-/m1/s1. The lowest BCUT2D eigenvalue weighted by atomic mass is 10.1. The van der Waals surface area contributed by atoms with Gasteiger partial charge in [-0.05, 0) is 51.5 Å². The molecule has 0 bridgehead atoms. The third kappa shape index (κ3) is 6.02. The first-order valence-electron chi connectivity index (χ1n) is 9.80. The number of unbranched alkanes of at least 4 members (excludes halogenated alkanes) is 2. The maximum Gasteiger partial charge on any atom is 0.251 e. The van der Waals surface area contributed by atoms with E-state index in [1.807, 2.05) is 20.8 Å². The average molecular weight is 397 g/mol. The third-order valence-corrected chi connectivity index (χ3v) is 6.60. The number of sulfonamides is 1. The van der Waals surface area contributed by atoms with Gasteiger partial charge in [0.2, 0.25) is 10.0 Å². The van der Waals surface area contributed by atoms with Crippen LogP contribution in [0.15, 0.2) is 29.2 Å². The quantitative estimate of drug-likeness (QED) is 0.685. The minimum atomic E-state index is -3.59. The Labute approximate surface area is 163 Å². The van der Waals surface area contributed by atoms with Crippen LogP contribution in [0.4, 0.5) is 0 Å². The van der Waals surface area contributed by atoms with E-state index in [2.05, 4.69) is 12.2 Å². The Kier molecular flexibility index (Phi) is 7.82. The summed E-state index contributed by atoms with van der Waals surface area (Å²) in [5.41, 5.74) is 0.472. The minimum absolute atomic E-state index is 0.101. The Morgan fingerprint density at radius 1 is 1.19 bits per heavy atom. The molecule has 0 aromatic heterocycles. The molecule has 7 heteroatoms. The number of nitrogens with zero attached hydrogens (tertiary/aromatic N) is 1. The van der Waals surface area contributed by atoms with Crippen LogP contribution in [0.1, 0.15) is 63.7 Å². The number of rotatable bonds is 8. The molecule has 1 aromatic rings. The topological polar surface area (TPSA) is 75.7 Å². The van der Waals surface area contributed by atoms with Gasteiger partial charge in [-0.25, -0.2) is 8.42 Å². The van der Waals surface area contributed by atoms with Gasteiger partial charge in [-0.1, -0.05) is 26.2 Å². The Morgan fingerprint density at radius 2 is 1.78 bits per heavy atom. The molecule has 0 saturated carbocycles. The first kappa shape index (κ1) is 21.9. The zero-order valence-corrected chi connectivity index (χ0v) is 17.6. The molecule has 1 fully saturated rings. The Morgan fingerprint density at radius 3 is 2.33 bits per heavy atom. The van der Waals surface area contributed by atoms with Gasteiger partial charge in [-0.2, -0.15) is 4.31 Å². The van der Waals surface area contributed by atoms with Gasteiger partial charge in [0.15, 0.2) is 0 Å². The zero-order valence-electron chi connectivity index (χ0n) is 16.8. The highest BCUT2D eigenvalue weighted by Crippen LogP contribution is 2.21. The summed E-state index contributed by atoms with van der Waals surface area (Å²) in [4.78, 5) is 12.6. The lowest BCUT2D eigenvalue weighted by Crippen LogP contribution is -2.48. The lowest BCUT2D eigenvalue weighted by molar-refractivity contribution is -0.0440. The summed E-state index contributed by atoms with van der Waals surface area (Å²) in [6.07, 6.45) is 4.07. The smallest absolute Gasteiger partial charge is 0.251 e. The molecule has 1 N–H and O–H groups in total. The largest absolute Gasteiger partial charge is 0.373 e. The van der Waals surface area contributed by atoms with Gasteiger partial charge in [0.05, 0.1) is 17.1 Å². The van der Waals surface area contributed by atoms with Crippen LogP contribution >= 0.6 is 0 Å². The highest BCUT2D eigenvalue weighted by Gasteiger charge is 2.32. The predicted octanol–water partition coefficient (Wildman–Crippen LogP) is 3.18. The molecule has 27 heavy (non-hydrogen) atoms. The van der Waals surface area contributed by atoms with Crippen molar-refractivity contribution in [2.24, 2.45) is 0 Å². The lowest BCUT2D eigenvalue weighted by Gasteiger charge is -2.34. The van der Waals surface area contributed by atoms with Crippen LogP contribution in [-0.2, 0) is 14.8 Å². The first-order valence-corrected chi connectivity index (χ1v) is 11.2. The fourth-order valence-electron chi connectivity index (χ4n) is 3.33. The number of hydrogen-bond donors (Lipinski definition) is 1. The normalized spacial score (nSPS) is 22.4. The minimum Gasteiger partial charge on any atom is -0.373 e. The summed E-state index contributed by atoms with van der Waals surface area (Å²) in [7, 11) is -3.59. The molecule has 0 unspecified atom stereocenters. The molecule has 0 spiro atoms. The van der Waals surface area contributed by atoms with E-state index in [9.17, 15) is 13.2 Å². The summed E-state index contributed by atoms with van der Waals surface area (Å²) < 4.78 is 32.8. The summed E-state index contributed by atoms with van der Waals surface area (Å²) >= 11 is 0. The molecular formula is C20H32N2O4S. The van der Waals surface area contributed by atoms with Crippen LogP contribution in [0.25, 0.3) is 0 Å². The summed E-state index contributed by atoms with van der Waals surface area (Å²) in [5.74, 6) is -0.170. The second-order valence-corrected chi connectivity index (χ2v) is 9.41. The summed E-state index contributed by atoms with van der Waals surface area (Å²) in [6.45, 7) is 8.55. The highest BCUT2D eigenvalue weighted by molar-refractivity contribution is 7.89. The number of ether oxygens (including phenoxy) is 1. The second-order valence-electron chi connectivity index (χ2n) is 7.47. The zero-order chi connectivity index (χ0) is 20.0. The maximum atomic E-state index is 12.9. The molecule has 1 saturated heterocycles. The number of nitrogens with one attached hydrogen (secondary N) is 1. The van der Waals surface area contributed by atoms with E-state index < -0.39 is 10.0 Å². The number of hydrogen-bond acceptors (Lipinski definition) is 4. The second kappa shape index (κ2) is 9.66. The fourth-order valence-corrected chi connectivity index (χ4v) is 4.92. The van der Waals surface area contributed by atoms with E-state index in [0.29, 0.717) is 18.7 Å². The predicted molar refractivity (Wildman–Crippen MR) is 106 cm³/mol. The molecule has 2 rings (SSSR count). The average Bonchev–Trinajstić information content (AvgIpc) is 2.61. The van der Waals surface area contributed by atoms with Crippen molar-refractivity contribution >= 4 is 15.9 Å². The van der Waals surface area contributed by atoms with Crippen LogP contribution in [0.2, 0.25) is 0 Å². The van der Waals surface area contributed by atoms with Crippen LogP contribution < -0.4 is 5.32 Å². The van der Waals surface area contributed by atoms with E-state index >= 15 is 0 Å². The molecule has 1 amide bonds. The Bertz CT molecular complexity index is 708. The van der Waals surface area contributed by atoms with Gasteiger partial charge >= 0.3 is 0 Å². The van der Waals surface area contributed by atoms with Gasteiger partial charge in [-0.15, -0.1) is 0 Å². The van der Waals surface area contributed by atoms with Crippen molar-refractivity contribution in [3.8, 4) is 0 Å². The highest BCUT2D eigenvalue weighted by atomic mass is 32.2.